The molecule has 0 saturated heterocycles. The van der Waals surface area contributed by atoms with Crippen molar-refractivity contribution in [2.75, 3.05) is 0 Å². The van der Waals surface area contributed by atoms with Gasteiger partial charge >= 0.3 is 0 Å². The van der Waals surface area contributed by atoms with Crippen molar-refractivity contribution in [3.05, 3.63) is 35.4 Å². The Kier molecular flexibility index (Phi) is 4.16. The number of benzene rings is 1. The smallest absolute Gasteiger partial charge is 0.0929 e. The van der Waals surface area contributed by atoms with Gasteiger partial charge in [0.05, 0.1) is 5.60 Å². The molecule has 1 nitrogen and oxygen atoms in total. The van der Waals surface area contributed by atoms with Crippen molar-refractivity contribution in [2.24, 2.45) is 11.8 Å². The minimum Gasteiger partial charge on any atom is -0.385 e. The zero-order valence-corrected chi connectivity index (χ0v) is 12.8. The van der Waals surface area contributed by atoms with Crippen LogP contribution in [0.3, 0.4) is 0 Å². The molecule has 0 heterocycles. The summed E-state index contributed by atoms with van der Waals surface area (Å²) in [6.07, 6.45) is 10.9. The predicted octanol–water partition coefficient (Wildman–Crippen LogP) is 4.82. The average molecular weight is 272 g/mol. The molecule has 20 heavy (non-hydrogen) atoms. The third kappa shape index (κ3) is 2.41. The molecule has 0 aromatic heterocycles. The second-order valence-corrected chi connectivity index (χ2v) is 6.85. The molecule has 0 aliphatic heterocycles. The molecule has 2 aliphatic rings. The highest BCUT2D eigenvalue weighted by atomic mass is 16.3. The normalized spacial score (nSPS) is 34.3. The fourth-order valence-corrected chi connectivity index (χ4v) is 4.72. The van der Waals surface area contributed by atoms with E-state index in [9.17, 15) is 5.11 Å². The van der Waals surface area contributed by atoms with Gasteiger partial charge in [-0.1, -0.05) is 56.9 Å². The van der Waals surface area contributed by atoms with Crippen LogP contribution in [0.25, 0.3) is 0 Å². The van der Waals surface area contributed by atoms with Crippen molar-refractivity contribution in [2.45, 2.75) is 70.3 Å². The van der Waals surface area contributed by atoms with Gasteiger partial charge in [-0.15, -0.1) is 0 Å². The van der Waals surface area contributed by atoms with Gasteiger partial charge < -0.3 is 5.11 Å². The lowest BCUT2D eigenvalue weighted by Gasteiger charge is -2.44. The summed E-state index contributed by atoms with van der Waals surface area (Å²) in [5.74, 6) is 1.18. The summed E-state index contributed by atoms with van der Waals surface area (Å²) >= 11 is 0. The summed E-state index contributed by atoms with van der Waals surface area (Å²) in [4.78, 5) is 0. The Labute approximate surface area is 123 Å². The molecule has 1 fully saturated rings. The van der Waals surface area contributed by atoms with E-state index in [0.717, 1.165) is 19.3 Å². The molecular formula is C19H28O. The quantitative estimate of drug-likeness (QED) is 0.765. The van der Waals surface area contributed by atoms with Crippen molar-refractivity contribution in [3.63, 3.8) is 0 Å². The lowest BCUT2D eigenvalue weighted by atomic mass is 9.65. The van der Waals surface area contributed by atoms with E-state index < -0.39 is 5.60 Å². The van der Waals surface area contributed by atoms with Gasteiger partial charge in [0.25, 0.3) is 0 Å². The SMILES string of the molecule is CCC1CCCCC1C1(O)CCCCc2ccccc21. The number of hydrogen-bond acceptors (Lipinski definition) is 1. The highest BCUT2D eigenvalue weighted by molar-refractivity contribution is 5.34. The Morgan fingerprint density at radius 1 is 1.10 bits per heavy atom. The molecule has 1 aromatic carbocycles. The second-order valence-electron chi connectivity index (χ2n) is 6.85. The molecule has 3 unspecified atom stereocenters. The van der Waals surface area contributed by atoms with Gasteiger partial charge in [0.1, 0.15) is 0 Å². The van der Waals surface area contributed by atoms with Crippen molar-refractivity contribution in [1.82, 2.24) is 0 Å². The lowest BCUT2D eigenvalue weighted by molar-refractivity contribution is -0.0710. The summed E-state index contributed by atoms with van der Waals surface area (Å²) in [5, 5.41) is 11.6. The molecule has 1 N–H and O–H groups in total. The molecule has 1 aromatic rings. The average Bonchev–Trinajstić information content (AvgIpc) is 2.68. The summed E-state index contributed by atoms with van der Waals surface area (Å²) in [7, 11) is 0. The molecule has 0 radical (unpaired) electrons. The van der Waals surface area contributed by atoms with E-state index in [2.05, 4.69) is 31.2 Å². The number of hydrogen-bond donors (Lipinski definition) is 1. The van der Waals surface area contributed by atoms with Crippen LogP contribution in [0.2, 0.25) is 0 Å². The van der Waals surface area contributed by atoms with Crippen molar-refractivity contribution >= 4 is 0 Å². The first-order valence-electron chi connectivity index (χ1n) is 8.56. The highest BCUT2D eigenvalue weighted by Crippen LogP contribution is 2.48. The Balaban J connectivity index is 2.00. The molecule has 2 aliphatic carbocycles. The van der Waals surface area contributed by atoms with Gasteiger partial charge in [0.2, 0.25) is 0 Å². The molecule has 3 atom stereocenters. The maximum Gasteiger partial charge on any atom is 0.0929 e. The van der Waals surface area contributed by atoms with Crippen molar-refractivity contribution in [3.8, 4) is 0 Å². The fourth-order valence-electron chi connectivity index (χ4n) is 4.72. The minimum atomic E-state index is -0.561. The molecule has 1 heteroatoms. The van der Waals surface area contributed by atoms with E-state index in [4.69, 9.17) is 0 Å². The summed E-state index contributed by atoms with van der Waals surface area (Å²) in [5.41, 5.74) is 2.09. The molecule has 110 valence electrons. The molecule has 0 bridgehead atoms. The van der Waals surface area contributed by atoms with Crippen LogP contribution in [0, 0.1) is 11.8 Å². The monoisotopic (exact) mass is 272 g/mol. The Hall–Kier alpha value is -0.820. The van der Waals surface area contributed by atoms with E-state index >= 15 is 0 Å². The molecule has 0 spiro atoms. The predicted molar refractivity (Wildman–Crippen MR) is 83.6 cm³/mol. The number of aryl methyl sites for hydroxylation is 1. The van der Waals surface area contributed by atoms with Gasteiger partial charge in [-0.3, -0.25) is 0 Å². The lowest BCUT2D eigenvalue weighted by Crippen LogP contribution is -2.41. The second kappa shape index (κ2) is 5.89. The number of rotatable bonds is 2. The van der Waals surface area contributed by atoms with E-state index in [-0.39, 0.29) is 0 Å². The van der Waals surface area contributed by atoms with Crippen LogP contribution in [0.4, 0.5) is 0 Å². The number of aliphatic hydroxyl groups is 1. The van der Waals surface area contributed by atoms with E-state index in [1.807, 2.05) is 0 Å². The van der Waals surface area contributed by atoms with Gasteiger partial charge in [0.15, 0.2) is 0 Å². The fraction of sp³-hybridized carbons (Fsp3) is 0.684. The highest BCUT2D eigenvalue weighted by Gasteiger charge is 2.44. The van der Waals surface area contributed by atoms with Gasteiger partial charge in [-0.2, -0.15) is 0 Å². The summed E-state index contributed by atoms with van der Waals surface area (Å²) < 4.78 is 0. The largest absolute Gasteiger partial charge is 0.385 e. The summed E-state index contributed by atoms with van der Waals surface area (Å²) in [6.45, 7) is 2.30. The molecule has 1 saturated carbocycles. The van der Waals surface area contributed by atoms with Crippen molar-refractivity contribution in [1.29, 1.82) is 0 Å². The van der Waals surface area contributed by atoms with Gasteiger partial charge in [-0.25, -0.2) is 0 Å². The maximum absolute atomic E-state index is 11.6. The summed E-state index contributed by atoms with van der Waals surface area (Å²) in [6, 6.07) is 8.67. The van der Waals surface area contributed by atoms with Crippen molar-refractivity contribution < 1.29 is 5.11 Å². The van der Waals surface area contributed by atoms with Crippen LogP contribution in [0.1, 0.15) is 69.4 Å². The molecule has 3 rings (SSSR count). The Morgan fingerprint density at radius 3 is 2.75 bits per heavy atom. The van der Waals surface area contributed by atoms with Gasteiger partial charge in [-0.05, 0) is 55.1 Å². The Bertz CT molecular complexity index is 453. The van der Waals surface area contributed by atoms with Crippen LogP contribution in [0.15, 0.2) is 24.3 Å². The van der Waals surface area contributed by atoms with Gasteiger partial charge in [0, 0.05) is 0 Å². The third-order valence-corrected chi connectivity index (χ3v) is 5.78. The first kappa shape index (κ1) is 14.1. The van der Waals surface area contributed by atoms with Crippen LogP contribution < -0.4 is 0 Å². The zero-order chi connectivity index (χ0) is 14.0. The minimum absolute atomic E-state index is 0.473. The Morgan fingerprint density at radius 2 is 1.90 bits per heavy atom. The topological polar surface area (TPSA) is 20.2 Å². The van der Waals surface area contributed by atoms with Crippen LogP contribution in [-0.2, 0) is 12.0 Å². The molecule has 0 amide bonds. The van der Waals surface area contributed by atoms with Crippen LogP contribution in [0.5, 0.6) is 0 Å². The maximum atomic E-state index is 11.6. The first-order valence-corrected chi connectivity index (χ1v) is 8.56. The van der Waals surface area contributed by atoms with Crippen LogP contribution >= 0.6 is 0 Å². The first-order chi connectivity index (χ1) is 9.75. The van der Waals surface area contributed by atoms with E-state index in [1.165, 1.54) is 49.7 Å². The molecular weight excluding hydrogens is 244 g/mol. The van der Waals surface area contributed by atoms with Crippen LogP contribution in [-0.4, -0.2) is 5.11 Å². The van der Waals surface area contributed by atoms with E-state index in [1.54, 1.807) is 0 Å². The number of fused-ring (bicyclic) bond motifs is 1. The standard InChI is InChI=1S/C19H28O/c1-2-15-9-3-5-12-17(15)19(20)14-8-7-11-16-10-4-6-13-18(16)19/h4,6,10,13,15,17,20H,2-3,5,7-9,11-12,14H2,1H3. The third-order valence-electron chi connectivity index (χ3n) is 5.78. The zero-order valence-electron chi connectivity index (χ0n) is 12.8. The van der Waals surface area contributed by atoms with E-state index in [0.29, 0.717) is 11.8 Å².